The van der Waals surface area contributed by atoms with Crippen molar-refractivity contribution in [1.29, 1.82) is 0 Å². The molecule has 6 heteroatoms. The normalized spacial score (nSPS) is 17.4. The molecule has 1 N–H and O–H groups in total. The van der Waals surface area contributed by atoms with Crippen molar-refractivity contribution in [2.75, 3.05) is 6.26 Å². The number of allylic oxidation sites excluding steroid dienone is 4. The Bertz CT molecular complexity index is 1070. The monoisotopic (exact) mass is 442 g/mol. The van der Waals surface area contributed by atoms with E-state index in [1.54, 1.807) is 23.1 Å². The number of rotatable bonds is 6. The molecule has 0 spiro atoms. The number of thiophene rings is 1. The first kappa shape index (κ1) is 20.5. The summed E-state index contributed by atoms with van der Waals surface area (Å²) in [6.07, 6.45) is 8.99. The molecule has 1 aromatic carbocycles. The van der Waals surface area contributed by atoms with Crippen LogP contribution in [0.3, 0.4) is 0 Å². The molecular weight excluding hydrogens is 420 g/mol. The van der Waals surface area contributed by atoms with Gasteiger partial charge in [0.15, 0.2) is 0 Å². The first-order chi connectivity index (χ1) is 14.1. The van der Waals surface area contributed by atoms with E-state index in [1.165, 1.54) is 15.3 Å². The summed E-state index contributed by atoms with van der Waals surface area (Å²) in [7, 11) is 0. The number of nitrogens with zero attached hydrogens (tertiary/aromatic N) is 2. The molecule has 1 aliphatic carbocycles. The average Bonchev–Trinajstić information content (AvgIpc) is 3.41. The topological polar surface area (TPSA) is 38.0 Å². The highest BCUT2D eigenvalue weighted by molar-refractivity contribution is 7.98. The van der Waals surface area contributed by atoms with Crippen LogP contribution in [0.4, 0.5) is 0 Å². The van der Waals surface area contributed by atoms with Gasteiger partial charge in [0.05, 0.1) is 33.4 Å². The third kappa shape index (κ3) is 4.24. The maximum absolute atomic E-state index is 10.4. The number of hydrogen-bond donors (Lipinski definition) is 1. The van der Waals surface area contributed by atoms with Gasteiger partial charge in [-0.25, -0.2) is 4.68 Å². The largest absolute Gasteiger partial charge is 0.387 e. The highest BCUT2D eigenvalue weighted by atomic mass is 35.5. The summed E-state index contributed by atoms with van der Waals surface area (Å²) in [5.41, 5.74) is 3.80. The molecule has 3 nitrogen and oxygen atoms in total. The second-order valence-corrected chi connectivity index (χ2v) is 9.40. The van der Waals surface area contributed by atoms with Crippen molar-refractivity contribution in [2.24, 2.45) is 0 Å². The molecule has 2 aromatic heterocycles. The van der Waals surface area contributed by atoms with E-state index in [4.69, 9.17) is 16.7 Å². The molecular formula is C23H23ClN2OS2. The summed E-state index contributed by atoms with van der Waals surface area (Å²) < 4.78 is 1.91. The Morgan fingerprint density at radius 2 is 2.10 bits per heavy atom. The first-order valence-electron chi connectivity index (χ1n) is 9.64. The zero-order valence-corrected chi connectivity index (χ0v) is 18.8. The van der Waals surface area contributed by atoms with Crippen molar-refractivity contribution in [1.82, 2.24) is 9.78 Å². The van der Waals surface area contributed by atoms with Gasteiger partial charge in [0.1, 0.15) is 0 Å². The fraction of sp³-hybridized carbons (Fsp3) is 0.261. The van der Waals surface area contributed by atoms with Crippen molar-refractivity contribution in [3.05, 3.63) is 66.4 Å². The number of alkyl halides is 1. The maximum atomic E-state index is 10.4. The van der Waals surface area contributed by atoms with Crippen molar-refractivity contribution >= 4 is 40.4 Å². The minimum absolute atomic E-state index is 0.136. The number of halogens is 1. The van der Waals surface area contributed by atoms with Crippen LogP contribution in [0.1, 0.15) is 31.6 Å². The Kier molecular flexibility index (Phi) is 6.30. The first-order valence-corrected chi connectivity index (χ1v) is 12.1. The van der Waals surface area contributed by atoms with Gasteiger partial charge in [0.2, 0.25) is 0 Å². The molecule has 1 aliphatic rings. The van der Waals surface area contributed by atoms with Crippen LogP contribution in [0.5, 0.6) is 0 Å². The minimum atomic E-state index is -0.582. The molecule has 3 aromatic rings. The fourth-order valence-corrected chi connectivity index (χ4v) is 5.08. The number of hydrogen-bond acceptors (Lipinski definition) is 4. The quantitative estimate of drug-likeness (QED) is 0.335. The van der Waals surface area contributed by atoms with Crippen LogP contribution in [-0.4, -0.2) is 26.5 Å². The number of aliphatic hydroxyl groups is 1. The van der Waals surface area contributed by atoms with E-state index in [9.17, 15) is 5.11 Å². The lowest BCUT2D eigenvalue weighted by Crippen LogP contribution is -2.13. The third-order valence-corrected chi connectivity index (χ3v) is 7.26. The Labute approximate surface area is 184 Å². The zero-order chi connectivity index (χ0) is 20.4. The van der Waals surface area contributed by atoms with Crippen molar-refractivity contribution in [3.8, 4) is 21.0 Å². The molecule has 2 unspecified atom stereocenters. The van der Waals surface area contributed by atoms with Gasteiger partial charge < -0.3 is 5.11 Å². The summed E-state index contributed by atoms with van der Waals surface area (Å²) in [6, 6.07) is 14.8. The Balaban J connectivity index is 1.78. The summed E-state index contributed by atoms with van der Waals surface area (Å²) in [6.45, 7) is 1.96. The highest BCUT2D eigenvalue weighted by Gasteiger charge is 2.22. The number of thioether (sulfide) groups is 1. The van der Waals surface area contributed by atoms with Gasteiger partial charge in [-0.1, -0.05) is 31.2 Å². The smallest absolute Gasteiger partial charge is 0.0976 e. The lowest BCUT2D eigenvalue weighted by molar-refractivity contribution is 0.168. The molecule has 0 amide bonds. The van der Waals surface area contributed by atoms with Gasteiger partial charge in [-0.3, -0.25) is 0 Å². The van der Waals surface area contributed by atoms with Crippen LogP contribution in [-0.2, 0) is 0 Å². The predicted octanol–water partition coefficient (Wildman–Crippen LogP) is 6.85. The van der Waals surface area contributed by atoms with E-state index in [1.807, 2.05) is 29.8 Å². The van der Waals surface area contributed by atoms with E-state index in [0.29, 0.717) is 12.1 Å². The number of aromatic nitrogens is 2. The van der Waals surface area contributed by atoms with Gasteiger partial charge in [-0.15, -0.1) is 34.7 Å². The Hall–Kier alpha value is -1.79. The number of benzene rings is 1. The molecule has 2 atom stereocenters. The van der Waals surface area contributed by atoms with Crippen molar-refractivity contribution in [2.45, 2.75) is 36.1 Å². The molecule has 150 valence electrons. The van der Waals surface area contributed by atoms with Gasteiger partial charge >= 0.3 is 0 Å². The molecule has 0 radical (unpaired) electrons. The molecule has 0 aliphatic heterocycles. The molecule has 2 heterocycles. The molecule has 0 saturated heterocycles. The van der Waals surface area contributed by atoms with Crippen LogP contribution >= 0.6 is 34.7 Å². The van der Waals surface area contributed by atoms with E-state index < -0.39 is 6.10 Å². The zero-order valence-electron chi connectivity index (χ0n) is 16.4. The van der Waals surface area contributed by atoms with Crippen molar-refractivity contribution in [3.63, 3.8) is 0 Å². The van der Waals surface area contributed by atoms with Crippen LogP contribution in [0, 0.1) is 0 Å². The minimum Gasteiger partial charge on any atom is -0.387 e. The summed E-state index contributed by atoms with van der Waals surface area (Å²) >= 11 is 10.1. The van der Waals surface area contributed by atoms with Crippen LogP contribution in [0.2, 0.25) is 0 Å². The summed E-state index contributed by atoms with van der Waals surface area (Å²) in [5.74, 6) is 0. The second-order valence-electron chi connectivity index (χ2n) is 6.91. The van der Waals surface area contributed by atoms with Crippen molar-refractivity contribution < 1.29 is 5.11 Å². The standard InChI is InChI=1S/C23H23ClN2OS2/c1-3-21(27)18-14-20(26(25-18)19-10-5-4-9-17(19)24)23-12-11-22(29-23)15-7-6-8-16(13-15)28-2/h4-8,10-14,17,21,27H,3,9H2,1-2H3. The number of aliphatic hydroxyl groups excluding tert-OH is 1. The average molecular weight is 443 g/mol. The van der Waals surface area contributed by atoms with Gasteiger partial charge in [0.25, 0.3) is 0 Å². The molecule has 0 saturated carbocycles. The predicted molar refractivity (Wildman–Crippen MR) is 126 cm³/mol. The van der Waals surface area contributed by atoms with E-state index >= 15 is 0 Å². The van der Waals surface area contributed by atoms with Crippen LogP contribution in [0.15, 0.2) is 65.6 Å². The molecule has 29 heavy (non-hydrogen) atoms. The lowest BCUT2D eigenvalue weighted by atomic mass is 10.1. The van der Waals surface area contributed by atoms with E-state index in [-0.39, 0.29) is 5.38 Å². The lowest BCUT2D eigenvalue weighted by Gasteiger charge is -2.17. The molecule has 0 fully saturated rings. The Morgan fingerprint density at radius 1 is 1.28 bits per heavy atom. The fourth-order valence-electron chi connectivity index (χ4n) is 3.34. The maximum Gasteiger partial charge on any atom is 0.0976 e. The highest BCUT2D eigenvalue weighted by Crippen LogP contribution is 2.38. The molecule has 4 rings (SSSR count). The SMILES string of the molecule is CCC(O)c1cc(-c2ccc(-c3cccc(SC)c3)s2)n(C2=CC=CCC2Cl)n1. The van der Waals surface area contributed by atoms with E-state index in [0.717, 1.165) is 22.7 Å². The van der Waals surface area contributed by atoms with Gasteiger partial charge in [-0.2, -0.15) is 5.10 Å². The summed E-state index contributed by atoms with van der Waals surface area (Å²) in [4.78, 5) is 3.57. The second kappa shape index (κ2) is 8.92. The Morgan fingerprint density at radius 3 is 2.86 bits per heavy atom. The third-order valence-electron chi connectivity index (χ3n) is 4.98. The van der Waals surface area contributed by atoms with E-state index in [2.05, 4.69) is 48.7 Å². The molecule has 0 bridgehead atoms. The van der Waals surface area contributed by atoms with Crippen LogP contribution in [0.25, 0.3) is 26.7 Å². The van der Waals surface area contributed by atoms with Crippen LogP contribution < -0.4 is 0 Å². The summed E-state index contributed by atoms with van der Waals surface area (Å²) in [5, 5.41) is 15.0. The van der Waals surface area contributed by atoms with Gasteiger partial charge in [-0.05, 0) is 61.1 Å². The van der Waals surface area contributed by atoms with Gasteiger partial charge in [0, 0.05) is 9.77 Å².